The van der Waals surface area contributed by atoms with Gasteiger partial charge in [0.1, 0.15) is 16.2 Å². The number of carbonyl (C=O) groups is 1. The van der Waals surface area contributed by atoms with Gasteiger partial charge in [-0.05, 0) is 12.5 Å². The fourth-order valence-electron chi connectivity index (χ4n) is 3.50. The molecule has 1 atom stereocenters. The number of Topliss-reactive ketones (excluding diaryl/α,β-unsaturated/α-hetero) is 1. The number of thioether (sulfide) groups is 1. The zero-order valence-electron chi connectivity index (χ0n) is 18.4. The van der Waals surface area contributed by atoms with Crippen LogP contribution in [0.5, 0.6) is 0 Å². The van der Waals surface area contributed by atoms with Gasteiger partial charge in [0.2, 0.25) is 0 Å². The van der Waals surface area contributed by atoms with E-state index in [1.54, 1.807) is 14.0 Å². The summed E-state index contributed by atoms with van der Waals surface area (Å²) in [4.78, 5) is 56.1. The van der Waals surface area contributed by atoms with Gasteiger partial charge in [0, 0.05) is 32.1 Å². The first-order valence-corrected chi connectivity index (χ1v) is 11.7. The molecule has 33 heavy (non-hydrogen) atoms. The molecule has 4 aromatic rings. The third kappa shape index (κ3) is 3.72. The van der Waals surface area contributed by atoms with Crippen LogP contribution < -0.4 is 22.5 Å². The Morgan fingerprint density at radius 3 is 2.36 bits per heavy atom. The van der Waals surface area contributed by atoms with E-state index in [1.807, 2.05) is 35.7 Å². The van der Waals surface area contributed by atoms with Crippen molar-refractivity contribution >= 4 is 44.9 Å². The molecule has 0 aliphatic heterocycles. The summed E-state index contributed by atoms with van der Waals surface area (Å²) in [7, 11) is 4.28. The number of nitrogens with two attached hydrogens (primary N) is 1. The number of hydrogen-bond acceptors (Lipinski definition) is 8. The maximum atomic E-state index is 13.2. The van der Waals surface area contributed by atoms with E-state index >= 15 is 0 Å². The number of carbonyl (C=O) groups excluding carboxylic acids is 1. The van der Waals surface area contributed by atoms with Gasteiger partial charge in [-0.2, -0.15) is 0 Å². The van der Waals surface area contributed by atoms with Crippen molar-refractivity contribution in [2.45, 2.75) is 17.3 Å². The maximum Gasteiger partial charge on any atom is 0.332 e. The Kier molecular flexibility index (Phi) is 5.85. The van der Waals surface area contributed by atoms with Crippen LogP contribution in [0.4, 0.5) is 5.82 Å². The normalized spacial score (nSPS) is 12.2. The number of hydrogen-bond donors (Lipinski definition) is 1. The Labute approximate surface area is 196 Å². The Balaban J connectivity index is 1.74. The number of thiophene rings is 1. The lowest BCUT2D eigenvalue weighted by molar-refractivity contribution is 0.0992. The largest absolute Gasteiger partial charge is 0.384 e. The van der Waals surface area contributed by atoms with Crippen molar-refractivity contribution in [1.29, 1.82) is 0 Å². The molecular weight excluding hydrogens is 462 g/mol. The second-order valence-electron chi connectivity index (χ2n) is 7.54. The number of aromatic nitrogens is 4. The SMILES string of the molecule is CC(Sc1nc2scc(-c3ccccc3)c2c(=O)n1C)C(=O)c1c(N)n(C)c(=O)n(C)c1=O. The lowest BCUT2D eigenvalue weighted by Crippen LogP contribution is -2.42. The molecule has 1 unspecified atom stereocenters. The fraction of sp³-hybridized carbons (Fsp3) is 0.227. The molecule has 0 saturated heterocycles. The average molecular weight is 484 g/mol. The zero-order chi connectivity index (χ0) is 24.0. The minimum Gasteiger partial charge on any atom is -0.384 e. The monoisotopic (exact) mass is 483 g/mol. The molecule has 2 N–H and O–H groups in total. The summed E-state index contributed by atoms with van der Waals surface area (Å²) in [6.07, 6.45) is 0. The lowest BCUT2D eigenvalue weighted by Gasteiger charge is -2.15. The molecule has 0 spiro atoms. The van der Waals surface area contributed by atoms with E-state index in [1.165, 1.54) is 30.0 Å². The molecule has 11 heteroatoms. The van der Waals surface area contributed by atoms with Crippen molar-refractivity contribution in [2.24, 2.45) is 21.1 Å². The molecule has 0 aliphatic carbocycles. The van der Waals surface area contributed by atoms with Gasteiger partial charge in [0.15, 0.2) is 10.9 Å². The Bertz CT molecular complexity index is 1580. The van der Waals surface area contributed by atoms with Gasteiger partial charge >= 0.3 is 5.69 Å². The summed E-state index contributed by atoms with van der Waals surface area (Å²) in [6.45, 7) is 1.61. The van der Waals surface area contributed by atoms with Gasteiger partial charge in [-0.25, -0.2) is 9.78 Å². The fourth-order valence-corrected chi connectivity index (χ4v) is 5.42. The van der Waals surface area contributed by atoms with Gasteiger partial charge in [-0.1, -0.05) is 42.1 Å². The van der Waals surface area contributed by atoms with E-state index in [0.29, 0.717) is 15.4 Å². The number of fused-ring (bicyclic) bond motifs is 1. The van der Waals surface area contributed by atoms with Crippen LogP contribution in [0.15, 0.2) is 55.3 Å². The van der Waals surface area contributed by atoms with E-state index in [4.69, 9.17) is 5.73 Å². The van der Waals surface area contributed by atoms with Crippen LogP contribution >= 0.6 is 23.1 Å². The average Bonchev–Trinajstić information content (AvgIpc) is 3.24. The number of rotatable bonds is 5. The Hall–Kier alpha value is -3.44. The topological polar surface area (TPSA) is 122 Å². The minimum absolute atomic E-state index is 0.191. The molecule has 0 bridgehead atoms. The highest BCUT2D eigenvalue weighted by atomic mass is 32.2. The summed E-state index contributed by atoms with van der Waals surface area (Å²) in [5.41, 5.74) is 5.81. The van der Waals surface area contributed by atoms with Gasteiger partial charge in [-0.3, -0.25) is 28.1 Å². The van der Waals surface area contributed by atoms with Crippen LogP contribution in [-0.4, -0.2) is 29.7 Å². The van der Waals surface area contributed by atoms with Crippen molar-refractivity contribution in [1.82, 2.24) is 18.7 Å². The number of benzene rings is 1. The zero-order valence-corrected chi connectivity index (χ0v) is 20.0. The standard InChI is InChI=1S/C22H21N5O4S2/c1-11(16(28)15-17(23)25(2)22(31)27(4)20(15)30)33-21-24-18-14(19(29)26(21)3)13(10-32-18)12-8-6-5-7-9-12/h5-11H,23H2,1-4H3. The Morgan fingerprint density at radius 1 is 1.03 bits per heavy atom. The van der Waals surface area contributed by atoms with Crippen LogP contribution in [0, 0.1) is 0 Å². The summed E-state index contributed by atoms with van der Waals surface area (Å²) in [6, 6.07) is 9.59. The third-order valence-corrected chi connectivity index (χ3v) is 7.48. The Morgan fingerprint density at radius 2 is 1.70 bits per heavy atom. The smallest absolute Gasteiger partial charge is 0.332 e. The molecule has 170 valence electrons. The maximum absolute atomic E-state index is 13.2. The first-order valence-electron chi connectivity index (χ1n) is 9.93. The van der Waals surface area contributed by atoms with Crippen LogP contribution in [-0.2, 0) is 21.1 Å². The number of ketones is 1. The molecule has 0 saturated carbocycles. The summed E-state index contributed by atoms with van der Waals surface area (Å²) in [5.74, 6) is -0.734. The molecule has 0 amide bonds. The lowest BCUT2D eigenvalue weighted by atomic mass is 10.1. The van der Waals surface area contributed by atoms with E-state index in [9.17, 15) is 19.2 Å². The van der Waals surface area contributed by atoms with Gasteiger partial charge in [-0.15, -0.1) is 11.3 Å². The van der Waals surface area contributed by atoms with Crippen molar-refractivity contribution in [3.05, 3.63) is 72.5 Å². The highest BCUT2D eigenvalue weighted by molar-refractivity contribution is 8.00. The van der Waals surface area contributed by atoms with Crippen molar-refractivity contribution < 1.29 is 4.79 Å². The second kappa shape index (κ2) is 8.49. The van der Waals surface area contributed by atoms with E-state index in [-0.39, 0.29) is 16.9 Å². The quantitative estimate of drug-likeness (QED) is 0.262. The molecular formula is C22H21N5O4S2. The van der Waals surface area contributed by atoms with Gasteiger partial charge < -0.3 is 5.73 Å². The number of anilines is 1. The molecule has 9 nitrogen and oxygen atoms in total. The molecule has 0 radical (unpaired) electrons. The number of nitrogens with zero attached hydrogens (tertiary/aromatic N) is 4. The first kappa shape index (κ1) is 22.7. The van der Waals surface area contributed by atoms with Crippen molar-refractivity contribution in [3.63, 3.8) is 0 Å². The van der Waals surface area contributed by atoms with E-state index < -0.39 is 22.3 Å². The van der Waals surface area contributed by atoms with Gasteiger partial charge in [0.05, 0.1) is 10.6 Å². The molecule has 0 fully saturated rings. The highest BCUT2D eigenvalue weighted by Gasteiger charge is 2.27. The van der Waals surface area contributed by atoms with Crippen LogP contribution in [0.2, 0.25) is 0 Å². The highest BCUT2D eigenvalue weighted by Crippen LogP contribution is 2.33. The molecule has 1 aromatic carbocycles. The molecule has 3 aromatic heterocycles. The van der Waals surface area contributed by atoms with Crippen LogP contribution in [0.3, 0.4) is 0 Å². The van der Waals surface area contributed by atoms with Crippen LogP contribution in [0.1, 0.15) is 17.3 Å². The molecule has 0 aliphatic rings. The van der Waals surface area contributed by atoms with Crippen molar-refractivity contribution in [3.8, 4) is 11.1 Å². The van der Waals surface area contributed by atoms with Crippen LogP contribution in [0.25, 0.3) is 21.3 Å². The third-order valence-electron chi connectivity index (χ3n) is 5.47. The first-order chi connectivity index (χ1) is 15.6. The number of nitrogen functional groups attached to an aromatic ring is 1. The second-order valence-corrected chi connectivity index (χ2v) is 9.71. The predicted octanol–water partition coefficient (Wildman–Crippen LogP) is 2.01. The predicted molar refractivity (Wildman–Crippen MR) is 131 cm³/mol. The summed E-state index contributed by atoms with van der Waals surface area (Å²) >= 11 is 2.41. The van der Waals surface area contributed by atoms with Gasteiger partial charge in [0.25, 0.3) is 11.1 Å². The molecule has 3 heterocycles. The molecule has 4 rings (SSSR count). The van der Waals surface area contributed by atoms with E-state index in [0.717, 1.165) is 32.0 Å². The minimum atomic E-state index is -0.776. The summed E-state index contributed by atoms with van der Waals surface area (Å²) < 4.78 is 3.30. The van der Waals surface area contributed by atoms with Crippen molar-refractivity contribution in [2.75, 3.05) is 5.73 Å². The summed E-state index contributed by atoms with van der Waals surface area (Å²) in [5, 5.41) is 1.98. The van der Waals surface area contributed by atoms with E-state index in [2.05, 4.69) is 4.98 Å².